The Morgan fingerprint density at radius 3 is 2.75 bits per heavy atom. The Labute approximate surface area is 142 Å². The molecule has 24 heavy (non-hydrogen) atoms. The lowest BCUT2D eigenvalue weighted by Crippen LogP contribution is -2.17. The molecular formula is C19H22N2O3. The summed E-state index contributed by atoms with van der Waals surface area (Å²) in [7, 11) is 0. The fourth-order valence-corrected chi connectivity index (χ4v) is 2.01. The maximum absolute atomic E-state index is 11.8. The molecule has 0 aliphatic rings. The van der Waals surface area contributed by atoms with Crippen molar-refractivity contribution in [2.45, 2.75) is 20.8 Å². The molecule has 0 unspecified atom stereocenters. The number of anilines is 1. The number of carbonyl (C=O) groups excluding carboxylic acids is 1. The fraction of sp³-hybridized carbons (Fsp3) is 0.263. The second-order valence-electron chi connectivity index (χ2n) is 5.58. The molecule has 0 radical (unpaired) electrons. The van der Waals surface area contributed by atoms with Crippen LogP contribution in [0.3, 0.4) is 0 Å². The summed E-state index contributed by atoms with van der Waals surface area (Å²) in [4.78, 5) is 16.1. The van der Waals surface area contributed by atoms with E-state index >= 15 is 0 Å². The Balaban J connectivity index is 2.18. The first-order valence-electron chi connectivity index (χ1n) is 7.91. The quantitative estimate of drug-likeness (QED) is 0.784. The number of aliphatic imine (C=N–C) groups is 1. The largest absolute Gasteiger partial charge is 0.504 e. The van der Waals surface area contributed by atoms with E-state index in [1.54, 1.807) is 30.5 Å². The molecule has 0 saturated carbocycles. The van der Waals surface area contributed by atoms with Crippen LogP contribution in [0, 0.1) is 5.92 Å². The van der Waals surface area contributed by atoms with Crippen LogP contribution in [0.2, 0.25) is 0 Å². The minimum Gasteiger partial charge on any atom is -0.504 e. The van der Waals surface area contributed by atoms with Gasteiger partial charge < -0.3 is 15.2 Å². The summed E-state index contributed by atoms with van der Waals surface area (Å²) in [6, 6.07) is 12.5. The van der Waals surface area contributed by atoms with Crippen LogP contribution in [0.4, 0.5) is 11.4 Å². The number of rotatable bonds is 6. The zero-order chi connectivity index (χ0) is 17.5. The molecule has 0 saturated heterocycles. The number of carbonyl (C=O) groups is 1. The monoisotopic (exact) mass is 326 g/mol. The Hall–Kier alpha value is -2.82. The number of nitrogens with zero attached hydrogens (tertiary/aromatic N) is 1. The first kappa shape index (κ1) is 17.5. The van der Waals surface area contributed by atoms with Crippen molar-refractivity contribution < 1.29 is 14.6 Å². The van der Waals surface area contributed by atoms with Gasteiger partial charge in [-0.3, -0.25) is 9.79 Å². The summed E-state index contributed by atoms with van der Waals surface area (Å²) in [5.74, 6) is 0.361. The number of amides is 1. The summed E-state index contributed by atoms with van der Waals surface area (Å²) in [6.07, 6.45) is 1.57. The summed E-state index contributed by atoms with van der Waals surface area (Å²) in [5.41, 5.74) is 1.94. The number of hydrogen-bond acceptors (Lipinski definition) is 4. The van der Waals surface area contributed by atoms with Gasteiger partial charge in [0.2, 0.25) is 5.91 Å². The van der Waals surface area contributed by atoms with Gasteiger partial charge in [0, 0.05) is 23.4 Å². The van der Waals surface area contributed by atoms with Crippen molar-refractivity contribution in [1.29, 1.82) is 0 Å². The van der Waals surface area contributed by atoms with Gasteiger partial charge in [0.05, 0.1) is 12.3 Å². The average Bonchev–Trinajstić information content (AvgIpc) is 2.56. The van der Waals surface area contributed by atoms with Gasteiger partial charge in [-0.25, -0.2) is 0 Å². The molecule has 2 aromatic carbocycles. The van der Waals surface area contributed by atoms with Gasteiger partial charge in [-0.15, -0.1) is 0 Å². The van der Waals surface area contributed by atoms with Crippen LogP contribution in [-0.4, -0.2) is 23.8 Å². The first-order chi connectivity index (χ1) is 11.5. The number of aromatic hydroxyl groups is 1. The standard InChI is InChI=1S/C19H22N2O3/c1-4-24-17-10-5-7-14(18(17)22)12-20-15-8-6-9-16(11-15)21-19(23)13(2)3/h5-13,22H,4H2,1-3H3,(H,21,23). The van der Waals surface area contributed by atoms with Gasteiger partial charge in [0.1, 0.15) is 0 Å². The number of phenolic OH excluding ortho intramolecular Hbond substituents is 1. The average molecular weight is 326 g/mol. The molecule has 0 aromatic heterocycles. The van der Waals surface area contributed by atoms with E-state index in [0.717, 1.165) is 0 Å². The first-order valence-corrected chi connectivity index (χ1v) is 7.91. The molecule has 0 spiro atoms. The molecule has 2 rings (SSSR count). The molecule has 1 amide bonds. The molecule has 0 fully saturated rings. The normalized spacial score (nSPS) is 11.0. The minimum atomic E-state index is -0.0876. The van der Waals surface area contributed by atoms with Crippen LogP contribution in [0.25, 0.3) is 0 Å². The maximum Gasteiger partial charge on any atom is 0.226 e. The molecule has 0 aliphatic carbocycles. The lowest BCUT2D eigenvalue weighted by atomic mass is 10.2. The molecule has 2 aromatic rings. The van der Waals surface area contributed by atoms with Crippen molar-refractivity contribution in [1.82, 2.24) is 0 Å². The van der Waals surface area contributed by atoms with E-state index < -0.39 is 0 Å². The lowest BCUT2D eigenvalue weighted by molar-refractivity contribution is -0.118. The van der Waals surface area contributed by atoms with Crippen LogP contribution in [0.15, 0.2) is 47.5 Å². The zero-order valence-electron chi connectivity index (χ0n) is 14.1. The van der Waals surface area contributed by atoms with E-state index in [2.05, 4.69) is 10.3 Å². The van der Waals surface area contributed by atoms with Crippen molar-refractivity contribution in [3.63, 3.8) is 0 Å². The Morgan fingerprint density at radius 1 is 1.29 bits per heavy atom. The van der Waals surface area contributed by atoms with E-state index in [-0.39, 0.29) is 17.6 Å². The fourth-order valence-electron chi connectivity index (χ4n) is 2.01. The summed E-state index contributed by atoms with van der Waals surface area (Å²) in [5, 5.41) is 13.0. The number of ether oxygens (including phenoxy) is 1. The van der Waals surface area contributed by atoms with Gasteiger partial charge in [0.15, 0.2) is 11.5 Å². The van der Waals surface area contributed by atoms with Gasteiger partial charge >= 0.3 is 0 Å². The molecule has 0 aliphatic heterocycles. The molecule has 0 atom stereocenters. The predicted molar refractivity (Wildman–Crippen MR) is 96.4 cm³/mol. The SMILES string of the molecule is CCOc1cccc(C=Nc2cccc(NC(=O)C(C)C)c2)c1O. The lowest BCUT2D eigenvalue weighted by Gasteiger charge is -2.08. The maximum atomic E-state index is 11.8. The smallest absolute Gasteiger partial charge is 0.226 e. The third-order valence-corrected chi connectivity index (χ3v) is 3.32. The van der Waals surface area contributed by atoms with Crippen molar-refractivity contribution >= 4 is 23.5 Å². The molecule has 2 N–H and O–H groups in total. The van der Waals surface area contributed by atoms with Crippen molar-refractivity contribution in [2.75, 3.05) is 11.9 Å². The zero-order valence-corrected chi connectivity index (χ0v) is 14.1. The van der Waals surface area contributed by atoms with Gasteiger partial charge in [-0.2, -0.15) is 0 Å². The van der Waals surface area contributed by atoms with Crippen LogP contribution in [0.1, 0.15) is 26.3 Å². The van der Waals surface area contributed by atoms with Gasteiger partial charge in [-0.05, 0) is 37.3 Å². The second-order valence-corrected chi connectivity index (χ2v) is 5.58. The van der Waals surface area contributed by atoms with Gasteiger partial charge in [-0.1, -0.05) is 26.0 Å². The molecular weight excluding hydrogens is 304 g/mol. The molecule has 5 nitrogen and oxygen atoms in total. The Kier molecular flexibility index (Phi) is 5.95. The van der Waals surface area contributed by atoms with E-state index in [1.165, 1.54) is 0 Å². The highest BCUT2D eigenvalue weighted by Crippen LogP contribution is 2.29. The third-order valence-electron chi connectivity index (χ3n) is 3.32. The number of phenols is 1. The Morgan fingerprint density at radius 2 is 2.04 bits per heavy atom. The van der Waals surface area contributed by atoms with E-state index in [9.17, 15) is 9.90 Å². The van der Waals surface area contributed by atoms with Crippen molar-refractivity contribution in [3.05, 3.63) is 48.0 Å². The van der Waals surface area contributed by atoms with E-state index in [0.29, 0.717) is 29.3 Å². The molecule has 0 bridgehead atoms. The topological polar surface area (TPSA) is 70.9 Å². The van der Waals surface area contributed by atoms with Crippen LogP contribution in [-0.2, 0) is 4.79 Å². The number of para-hydroxylation sites is 1. The van der Waals surface area contributed by atoms with Crippen molar-refractivity contribution in [2.24, 2.45) is 10.9 Å². The molecule has 126 valence electrons. The van der Waals surface area contributed by atoms with Crippen LogP contribution < -0.4 is 10.1 Å². The number of nitrogens with one attached hydrogen (secondary N) is 1. The van der Waals surface area contributed by atoms with Gasteiger partial charge in [0.25, 0.3) is 0 Å². The van der Waals surface area contributed by atoms with E-state index in [4.69, 9.17) is 4.74 Å². The highest BCUT2D eigenvalue weighted by atomic mass is 16.5. The highest BCUT2D eigenvalue weighted by Gasteiger charge is 2.08. The molecule has 5 heteroatoms. The Bertz CT molecular complexity index is 739. The third kappa shape index (κ3) is 4.59. The second kappa shape index (κ2) is 8.15. The minimum absolute atomic E-state index is 0.0433. The number of hydrogen-bond donors (Lipinski definition) is 2. The van der Waals surface area contributed by atoms with Crippen molar-refractivity contribution in [3.8, 4) is 11.5 Å². The summed E-state index contributed by atoms with van der Waals surface area (Å²) >= 11 is 0. The van der Waals surface area contributed by atoms with Crippen LogP contribution in [0.5, 0.6) is 11.5 Å². The highest BCUT2D eigenvalue weighted by molar-refractivity contribution is 5.92. The van der Waals surface area contributed by atoms with E-state index in [1.807, 2.05) is 39.0 Å². The summed E-state index contributed by atoms with van der Waals surface area (Å²) < 4.78 is 5.36. The summed E-state index contributed by atoms with van der Waals surface area (Å²) in [6.45, 7) is 6.01. The predicted octanol–water partition coefficient (Wildman–Crippen LogP) is 4.14. The van der Waals surface area contributed by atoms with Crippen LogP contribution >= 0.6 is 0 Å². The molecule has 0 heterocycles. The number of benzene rings is 2.